The fourth-order valence-corrected chi connectivity index (χ4v) is 4.55. The van der Waals surface area contributed by atoms with E-state index >= 15 is 0 Å². The quantitative estimate of drug-likeness (QED) is 0.388. The third kappa shape index (κ3) is 6.87. The van der Waals surface area contributed by atoms with E-state index in [2.05, 4.69) is 25.5 Å². The van der Waals surface area contributed by atoms with Gasteiger partial charge in [0, 0.05) is 36.6 Å². The van der Waals surface area contributed by atoms with E-state index in [1.807, 2.05) is 38.1 Å². The van der Waals surface area contributed by atoms with E-state index in [0.29, 0.717) is 49.9 Å². The van der Waals surface area contributed by atoms with Crippen LogP contribution in [-0.4, -0.2) is 63.9 Å². The number of carbonyl (C=O) groups is 2. The minimum absolute atomic E-state index is 0.0565. The van der Waals surface area contributed by atoms with Crippen LogP contribution in [-0.2, 0) is 17.5 Å². The topological polar surface area (TPSA) is 116 Å². The molecule has 4 N–H and O–H groups in total. The van der Waals surface area contributed by atoms with Gasteiger partial charge in [0.15, 0.2) is 0 Å². The molecule has 0 aliphatic carbocycles. The van der Waals surface area contributed by atoms with Crippen molar-refractivity contribution in [3.8, 4) is 0 Å². The van der Waals surface area contributed by atoms with Crippen LogP contribution in [0.2, 0.25) is 5.02 Å². The molecule has 13 heteroatoms. The van der Waals surface area contributed by atoms with E-state index in [1.54, 1.807) is 0 Å². The summed E-state index contributed by atoms with van der Waals surface area (Å²) in [5, 5.41) is 6.22. The number of urea groups is 1. The van der Waals surface area contributed by atoms with Crippen LogP contribution < -0.4 is 16.4 Å². The number of hydrogen-bond donors (Lipinski definition) is 3. The summed E-state index contributed by atoms with van der Waals surface area (Å²) in [5.41, 5.74) is 4.94. The summed E-state index contributed by atoms with van der Waals surface area (Å²) >= 11 is 5.72. The SMILES string of the molecule is CC(C)[C@H](Nc1nc(CN2CCN(C(=O)Nc3ccc(Cl)cc3C(F)(F)F)CC2)nc2ccccc12)C(N)=O. The van der Waals surface area contributed by atoms with Gasteiger partial charge in [0.1, 0.15) is 17.7 Å². The maximum atomic E-state index is 13.4. The zero-order valence-electron chi connectivity index (χ0n) is 21.4. The Kier molecular flexibility index (Phi) is 8.45. The highest BCUT2D eigenvalue weighted by Gasteiger charge is 2.35. The molecule has 208 valence electrons. The minimum atomic E-state index is -4.66. The number of nitrogens with zero attached hydrogens (tertiary/aromatic N) is 4. The average Bonchev–Trinajstić information content (AvgIpc) is 2.87. The number of piperazine rings is 1. The maximum Gasteiger partial charge on any atom is 0.418 e. The van der Waals surface area contributed by atoms with Crippen molar-refractivity contribution in [1.29, 1.82) is 0 Å². The molecule has 3 aromatic rings. The summed E-state index contributed by atoms with van der Waals surface area (Å²) in [6, 6.07) is 9.43. The van der Waals surface area contributed by atoms with Crippen molar-refractivity contribution >= 4 is 45.9 Å². The number of fused-ring (bicyclic) bond motifs is 1. The monoisotopic (exact) mass is 563 g/mol. The van der Waals surface area contributed by atoms with Gasteiger partial charge in [-0.1, -0.05) is 37.6 Å². The molecule has 9 nitrogen and oxygen atoms in total. The molecule has 1 aromatic heterocycles. The van der Waals surface area contributed by atoms with Crippen LogP contribution in [0.25, 0.3) is 10.9 Å². The third-order valence-electron chi connectivity index (χ3n) is 6.47. The fourth-order valence-electron chi connectivity index (χ4n) is 4.38. The number of hydrogen-bond acceptors (Lipinski definition) is 6. The fraction of sp³-hybridized carbons (Fsp3) is 0.385. The predicted octanol–water partition coefficient (Wildman–Crippen LogP) is 4.57. The summed E-state index contributed by atoms with van der Waals surface area (Å²) < 4.78 is 40.2. The first kappa shape index (κ1) is 28.4. The minimum Gasteiger partial charge on any atom is -0.368 e. The molecule has 0 bridgehead atoms. The smallest absolute Gasteiger partial charge is 0.368 e. The first-order valence-electron chi connectivity index (χ1n) is 12.4. The van der Waals surface area contributed by atoms with Crippen LogP contribution in [0, 0.1) is 5.92 Å². The number of alkyl halides is 3. The highest BCUT2D eigenvalue weighted by atomic mass is 35.5. The third-order valence-corrected chi connectivity index (χ3v) is 6.70. The van der Waals surface area contributed by atoms with Gasteiger partial charge in [-0.15, -0.1) is 0 Å². The molecule has 0 spiro atoms. The summed E-state index contributed by atoms with van der Waals surface area (Å²) in [7, 11) is 0. The number of rotatable bonds is 7. The Hall–Kier alpha value is -3.64. The lowest BCUT2D eigenvalue weighted by Crippen LogP contribution is -2.49. The zero-order valence-corrected chi connectivity index (χ0v) is 22.2. The van der Waals surface area contributed by atoms with E-state index in [4.69, 9.17) is 17.3 Å². The zero-order chi connectivity index (χ0) is 28.3. The standard InChI is InChI=1S/C26H29ClF3N7O2/c1-15(2)22(23(31)38)35-24-17-5-3-4-6-19(17)32-21(34-24)14-36-9-11-37(12-10-36)25(39)33-20-8-7-16(27)13-18(20)26(28,29)30/h3-8,13,15,22H,9-12,14H2,1-2H3,(H2,31,38)(H,33,39)(H,32,34,35)/t22-/m0/s1. The van der Waals surface area contributed by atoms with Crippen LogP contribution in [0.5, 0.6) is 0 Å². The van der Waals surface area contributed by atoms with E-state index in [1.165, 1.54) is 11.0 Å². The molecule has 0 saturated carbocycles. The number of carbonyl (C=O) groups excluding carboxylic acids is 2. The lowest BCUT2D eigenvalue weighted by atomic mass is 10.0. The van der Waals surface area contributed by atoms with Crippen molar-refractivity contribution in [3.63, 3.8) is 0 Å². The van der Waals surface area contributed by atoms with E-state index in [0.717, 1.165) is 17.5 Å². The molecule has 2 aromatic carbocycles. The number of nitrogens with two attached hydrogens (primary N) is 1. The Labute approximate surface area is 228 Å². The Balaban J connectivity index is 1.43. The van der Waals surface area contributed by atoms with E-state index in [9.17, 15) is 22.8 Å². The van der Waals surface area contributed by atoms with Gasteiger partial charge in [-0.3, -0.25) is 9.69 Å². The highest BCUT2D eigenvalue weighted by Crippen LogP contribution is 2.36. The summed E-state index contributed by atoms with van der Waals surface area (Å²) in [4.78, 5) is 37.5. The molecular formula is C26H29ClF3N7O2. The molecule has 1 aliphatic heterocycles. The first-order valence-corrected chi connectivity index (χ1v) is 12.8. The maximum absolute atomic E-state index is 13.4. The van der Waals surface area contributed by atoms with Gasteiger partial charge >= 0.3 is 12.2 Å². The average molecular weight is 564 g/mol. The molecule has 39 heavy (non-hydrogen) atoms. The number of anilines is 2. The molecule has 0 radical (unpaired) electrons. The molecule has 1 atom stereocenters. The molecule has 1 aliphatic rings. The number of primary amides is 1. The molecule has 1 fully saturated rings. The molecular weight excluding hydrogens is 535 g/mol. The van der Waals surface area contributed by atoms with Gasteiger partial charge in [0.05, 0.1) is 23.3 Å². The second kappa shape index (κ2) is 11.6. The Morgan fingerprint density at radius 3 is 2.41 bits per heavy atom. The van der Waals surface area contributed by atoms with Crippen LogP contribution in [0.3, 0.4) is 0 Å². The molecule has 2 heterocycles. The van der Waals surface area contributed by atoms with Gasteiger partial charge < -0.3 is 21.3 Å². The normalized spacial score (nSPS) is 15.4. The number of para-hydroxylation sites is 1. The highest BCUT2D eigenvalue weighted by molar-refractivity contribution is 6.30. The lowest BCUT2D eigenvalue weighted by molar-refractivity contribution is -0.137. The van der Waals surface area contributed by atoms with Crippen molar-refractivity contribution in [2.75, 3.05) is 36.8 Å². The van der Waals surface area contributed by atoms with Crippen molar-refractivity contribution in [2.24, 2.45) is 11.7 Å². The van der Waals surface area contributed by atoms with E-state index < -0.39 is 29.7 Å². The second-order valence-electron chi connectivity index (χ2n) is 9.65. The van der Waals surface area contributed by atoms with Crippen molar-refractivity contribution in [2.45, 2.75) is 32.6 Å². The Morgan fingerprint density at radius 2 is 1.77 bits per heavy atom. The summed E-state index contributed by atoms with van der Waals surface area (Å²) in [5.74, 6) is 0.496. The van der Waals surface area contributed by atoms with Gasteiger partial charge in [-0.2, -0.15) is 13.2 Å². The van der Waals surface area contributed by atoms with Crippen LogP contribution in [0.4, 0.5) is 29.5 Å². The number of aromatic nitrogens is 2. The molecule has 4 rings (SSSR count). The van der Waals surface area contributed by atoms with Crippen LogP contribution in [0.1, 0.15) is 25.2 Å². The largest absolute Gasteiger partial charge is 0.418 e. The van der Waals surface area contributed by atoms with Gasteiger partial charge in [-0.25, -0.2) is 14.8 Å². The van der Waals surface area contributed by atoms with Crippen molar-refractivity contribution in [1.82, 2.24) is 19.8 Å². The predicted molar refractivity (Wildman–Crippen MR) is 143 cm³/mol. The number of nitrogens with one attached hydrogen (secondary N) is 2. The number of benzene rings is 2. The van der Waals surface area contributed by atoms with Gasteiger partial charge in [-0.05, 0) is 36.2 Å². The summed E-state index contributed by atoms with van der Waals surface area (Å²) in [6.07, 6.45) is -4.66. The van der Waals surface area contributed by atoms with Crippen LogP contribution in [0.15, 0.2) is 42.5 Å². The van der Waals surface area contributed by atoms with Crippen LogP contribution >= 0.6 is 11.6 Å². The number of halogens is 4. The van der Waals surface area contributed by atoms with E-state index in [-0.39, 0.29) is 16.6 Å². The second-order valence-corrected chi connectivity index (χ2v) is 10.1. The number of amides is 3. The van der Waals surface area contributed by atoms with Crippen molar-refractivity contribution < 1.29 is 22.8 Å². The Bertz CT molecular complexity index is 1360. The first-order chi connectivity index (χ1) is 18.4. The molecule has 0 unspecified atom stereocenters. The lowest BCUT2D eigenvalue weighted by Gasteiger charge is -2.34. The van der Waals surface area contributed by atoms with Gasteiger partial charge in [0.2, 0.25) is 5.91 Å². The molecule has 1 saturated heterocycles. The van der Waals surface area contributed by atoms with Crippen molar-refractivity contribution in [3.05, 3.63) is 58.9 Å². The van der Waals surface area contributed by atoms with Gasteiger partial charge in [0.25, 0.3) is 0 Å². The molecule has 3 amide bonds. The summed E-state index contributed by atoms with van der Waals surface area (Å²) in [6.45, 7) is 5.70. The Morgan fingerprint density at radius 1 is 1.08 bits per heavy atom.